The molecular formula is C9H14O3. The number of hydrogen-bond acceptors (Lipinski definition) is 2. The van der Waals surface area contributed by atoms with Gasteiger partial charge in [-0.25, -0.2) is 4.79 Å². The lowest BCUT2D eigenvalue weighted by atomic mass is 10.0. The summed E-state index contributed by atoms with van der Waals surface area (Å²) in [4.78, 5) is 10.5. The van der Waals surface area contributed by atoms with Crippen LogP contribution < -0.4 is 0 Å². The first-order valence-electron chi connectivity index (χ1n) is 4.13. The first-order chi connectivity index (χ1) is 5.59. The Morgan fingerprint density at radius 2 is 2.33 bits per heavy atom. The van der Waals surface area contributed by atoms with E-state index in [1.54, 1.807) is 13.0 Å². The highest BCUT2D eigenvalue weighted by molar-refractivity contribution is 5.85. The van der Waals surface area contributed by atoms with Crippen LogP contribution in [0.4, 0.5) is 0 Å². The van der Waals surface area contributed by atoms with Crippen molar-refractivity contribution in [3.8, 4) is 0 Å². The second-order valence-electron chi connectivity index (χ2n) is 3.29. The average Bonchev–Trinajstić information content (AvgIpc) is 2.35. The minimum absolute atomic E-state index is 0.271. The summed E-state index contributed by atoms with van der Waals surface area (Å²) in [6, 6.07) is 0. The number of carbonyl (C=O) groups is 1. The summed E-state index contributed by atoms with van der Waals surface area (Å²) in [5.41, 5.74) is 0.415. The van der Waals surface area contributed by atoms with E-state index >= 15 is 0 Å². The molecule has 0 aromatic rings. The molecule has 0 radical (unpaired) electrons. The van der Waals surface area contributed by atoms with Gasteiger partial charge in [-0.1, -0.05) is 6.08 Å². The topological polar surface area (TPSA) is 46.5 Å². The molecule has 2 unspecified atom stereocenters. The maximum atomic E-state index is 10.5. The molecule has 12 heavy (non-hydrogen) atoms. The molecule has 0 aromatic heterocycles. The van der Waals surface area contributed by atoms with Crippen LogP contribution in [0.1, 0.15) is 20.3 Å². The van der Waals surface area contributed by atoms with Crippen LogP contribution in [-0.2, 0) is 9.53 Å². The van der Waals surface area contributed by atoms with Crippen LogP contribution in [0.25, 0.3) is 0 Å². The Hall–Kier alpha value is -0.830. The summed E-state index contributed by atoms with van der Waals surface area (Å²) in [7, 11) is 0. The second kappa shape index (κ2) is 3.72. The maximum absolute atomic E-state index is 10.5. The molecule has 0 aromatic carbocycles. The Kier molecular flexibility index (Phi) is 2.87. The number of carboxylic acids is 1. The average molecular weight is 170 g/mol. The zero-order valence-electron chi connectivity index (χ0n) is 7.41. The summed E-state index contributed by atoms with van der Waals surface area (Å²) in [5, 5.41) is 8.60. The maximum Gasteiger partial charge on any atom is 0.330 e. The molecule has 1 aliphatic heterocycles. The molecular weight excluding hydrogens is 156 g/mol. The molecule has 3 heteroatoms. The Balaban J connectivity index is 2.50. The largest absolute Gasteiger partial charge is 0.478 e. The molecule has 1 N–H and O–H groups in total. The van der Waals surface area contributed by atoms with Gasteiger partial charge in [0.05, 0.1) is 12.7 Å². The molecule has 0 aliphatic carbocycles. The summed E-state index contributed by atoms with van der Waals surface area (Å²) in [6.45, 7) is 4.28. The number of hydrogen-bond donors (Lipinski definition) is 1. The zero-order valence-corrected chi connectivity index (χ0v) is 7.41. The number of aliphatic carboxylic acids is 1. The Morgan fingerprint density at radius 1 is 1.67 bits per heavy atom. The highest BCUT2D eigenvalue weighted by Crippen LogP contribution is 2.21. The molecule has 1 heterocycles. The van der Waals surface area contributed by atoms with Gasteiger partial charge in [0.2, 0.25) is 0 Å². The van der Waals surface area contributed by atoms with Crippen LogP contribution in [0.2, 0.25) is 0 Å². The molecule has 0 spiro atoms. The molecule has 1 rings (SSSR count). The van der Waals surface area contributed by atoms with Crippen LogP contribution in [0.15, 0.2) is 11.6 Å². The molecule has 3 nitrogen and oxygen atoms in total. The fraction of sp³-hybridized carbons (Fsp3) is 0.667. The van der Waals surface area contributed by atoms with Gasteiger partial charge in [0.1, 0.15) is 0 Å². The van der Waals surface area contributed by atoms with E-state index in [4.69, 9.17) is 9.84 Å². The Labute approximate surface area is 72.0 Å². The van der Waals surface area contributed by atoms with Crippen molar-refractivity contribution in [3.63, 3.8) is 0 Å². The molecule has 0 amide bonds. The summed E-state index contributed by atoms with van der Waals surface area (Å²) < 4.78 is 5.31. The third-order valence-electron chi connectivity index (χ3n) is 2.05. The van der Waals surface area contributed by atoms with Crippen molar-refractivity contribution >= 4 is 5.97 Å². The van der Waals surface area contributed by atoms with E-state index in [-0.39, 0.29) is 12.0 Å². The van der Waals surface area contributed by atoms with E-state index in [9.17, 15) is 4.79 Å². The van der Waals surface area contributed by atoms with Crippen LogP contribution in [-0.4, -0.2) is 23.8 Å². The SMILES string of the molecule is CC(=CC1COC(C)C1)C(=O)O. The first kappa shape index (κ1) is 9.26. The lowest BCUT2D eigenvalue weighted by Crippen LogP contribution is -2.02. The third-order valence-corrected chi connectivity index (χ3v) is 2.05. The van der Waals surface area contributed by atoms with Gasteiger partial charge in [0.25, 0.3) is 0 Å². The van der Waals surface area contributed by atoms with Crippen molar-refractivity contribution < 1.29 is 14.6 Å². The molecule has 1 saturated heterocycles. The number of ether oxygens (including phenoxy) is 1. The van der Waals surface area contributed by atoms with E-state index in [2.05, 4.69) is 0 Å². The van der Waals surface area contributed by atoms with Gasteiger partial charge in [0, 0.05) is 11.5 Å². The van der Waals surface area contributed by atoms with Gasteiger partial charge in [-0.15, -0.1) is 0 Å². The van der Waals surface area contributed by atoms with Gasteiger partial charge in [-0.3, -0.25) is 0 Å². The smallest absolute Gasteiger partial charge is 0.330 e. The van der Waals surface area contributed by atoms with Gasteiger partial charge in [0.15, 0.2) is 0 Å². The fourth-order valence-electron chi connectivity index (χ4n) is 1.39. The molecule has 0 saturated carbocycles. The summed E-state index contributed by atoms with van der Waals surface area (Å²) in [5.74, 6) is -0.550. The van der Waals surface area contributed by atoms with Crippen LogP contribution >= 0.6 is 0 Å². The van der Waals surface area contributed by atoms with Crippen molar-refractivity contribution in [2.24, 2.45) is 5.92 Å². The number of carboxylic acid groups (broad SMARTS) is 1. The van der Waals surface area contributed by atoms with Gasteiger partial charge < -0.3 is 9.84 Å². The molecule has 1 aliphatic rings. The van der Waals surface area contributed by atoms with Crippen LogP contribution in [0, 0.1) is 5.92 Å². The molecule has 0 bridgehead atoms. The van der Waals surface area contributed by atoms with E-state index in [1.165, 1.54) is 0 Å². The Morgan fingerprint density at radius 3 is 2.75 bits per heavy atom. The first-order valence-corrected chi connectivity index (χ1v) is 4.13. The van der Waals surface area contributed by atoms with E-state index in [1.807, 2.05) is 6.92 Å². The monoisotopic (exact) mass is 170 g/mol. The lowest BCUT2D eigenvalue weighted by Gasteiger charge is -2.00. The standard InChI is InChI=1S/C9H14O3/c1-6(9(10)11)3-8-4-7(2)12-5-8/h3,7-8H,4-5H2,1-2H3,(H,10,11). The van der Waals surface area contributed by atoms with Crippen molar-refractivity contribution in [2.75, 3.05) is 6.61 Å². The van der Waals surface area contributed by atoms with Crippen molar-refractivity contribution in [3.05, 3.63) is 11.6 Å². The molecule has 1 fully saturated rings. The lowest BCUT2D eigenvalue weighted by molar-refractivity contribution is -0.132. The predicted octanol–water partition coefficient (Wildman–Crippen LogP) is 1.44. The van der Waals surface area contributed by atoms with Gasteiger partial charge in [-0.05, 0) is 20.3 Å². The van der Waals surface area contributed by atoms with E-state index < -0.39 is 5.97 Å². The number of rotatable bonds is 2. The molecule has 68 valence electrons. The summed E-state index contributed by atoms with van der Waals surface area (Å²) in [6.07, 6.45) is 2.99. The predicted molar refractivity (Wildman–Crippen MR) is 44.9 cm³/mol. The van der Waals surface area contributed by atoms with Crippen LogP contribution in [0.3, 0.4) is 0 Å². The molecule has 2 atom stereocenters. The quantitative estimate of drug-likeness (QED) is 0.638. The van der Waals surface area contributed by atoms with E-state index in [0.717, 1.165) is 6.42 Å². The highest BCUT2D eigenvalue weighted by Gasteiger charge is 2.20. The fourth-order valence-corrected chi connectivity index (χ4v) is 1.39. The van der Waals surface area contributed by atoms with Gasteiger partial charge in [-0.2, -0.15) is 0 Å². The van der Waals surface area contributed by atoms with Gasteiger partial charge >= 0.3 is 5.97 Å². The minimum atomic E-state index is -0.838. The normalized spacial score (nSPS) is 30.7. The summed E-state index contributed by atoms with van der Waals surface area (Å²) >= 11 is 0. The minimum Gasteiger partial charge on any atom is -0.478 e. The second-order valence-corrected chi connectivity index (χ2v) is 3.29. The Bertz CT molecular complexity index is 208. The zero-order chi connectivity index (χ0) is 9.14. The van der Waals surface area contributed by atoms with Crippen molar-refractivity contribution in [1.29, 1.82) is 0 Å². The highest BCUT2D eigenvalue weighted by atomic mass is 16.5. The van der Waals surface area contributed by atoms with Crippen LogP contribution in [0.5, 0.6) is 0 Å². The van der Waals surface area contributed by atoms with Crippen molar-refractivity contribution in [2.45, 2.75) is 26.4 Å². The van der Waals surface area contributed by atoms with E-state index in [0.29, 0.717) is 12.2 Å². The third kappa shape index (κ3) is 2.34. The van der Waals surface area contributed by atoms with Crippen molar-refractivity contribution in [1.82, 2.24) is 0 Å².